The lowest BCUT2D eigenvalue weighted by Crippen LogP contribution is -2.26. The van der Waals surface area contributed by atoms with E-state index in [1.54, 1.807) is 43.8 Å². The van der Waals surface area contributed by atoms with Crippen molar-refractivity contribution in [1.29, 1.82) is 0 Å². The first-order chi connectivity index (χ1) is 11.1. The number of amides is 1. The number of rotatable bonds is 3. The minimum Gasteiger partial charge on any atom is -0.506 e. The number of carbonyl (C=O) groups excluding carboxylic acids is 1. The van der Waals surface area contributed by atoms with E-state index < -0.39 is 0 Å². The first-order valence-electron chi connectivity index (χ1n) is 6.98. The number of hydrogen-bond acceptors (Lipinski definition) is 4. The van der Waals surface area contributed by atoms with Crippen LogP contribution >= 0.6 is 11.6 Å². The van der Waals surface area contributed by atoms with Gasteiger partial charge in [-0.05, 0) is 6.07 Å². The van der Waals surface area contributed by atoms with E-state index in [0.717, 1.165) is 0 Å². The maximum atomic E-state index is 12.6. The molecule has 0 atom stereocenters. The van der Waals surface area contributed by atoms with Gasteiger partial charge in [0.05, 0.1) is 24.0 Å². The third-order valence-corrected chi connectivity index (χ3v) is 3.87. The number of aromatic nitrogens is 2. The Kier molecular flexibility index (Phi) is 4.12. The van der Waals surface area contributed by atoms with Gasteiger partial charge in [0.1, 0.15) is 5.75 Å². The Morgan fingerprint density at radius 3 is 2.70 bits per heavy atom. The summed E-state index contributed by atoms with van der Waals surface area (Å²) in [5.74, 6) is -0.401. The number of fused-ring (bicyclic) bond motifs is 1. The normalized spacial score (nSPS) is 10.7. The molecule has 1 N–H and O–H groups in total. The van der Waals surface area contributed by atoms with Crippen LogP contribution in [0.2, 0.25) is 5.02 Å². The fraction of sp³-hybridized carbons (Fsp3) is 0.118. The Bertz CT molecular complexity index is 868. The first-order valence-corrected chi connectivity index (χ1v) is 7.36. The van der Waals surface area contributed by atoms with E-state index in [-0.39, 0.29) is 23.8 Å². The smallest absolute Gasteiger partial charge is 0.257 e. The fourth-order valence-corrected chi connectivity index (χ4v) is 2.68. The van der Waals surface area contributed by atoms with Crippen molar-refractivity contribution in [2.75, 3.05) is 7.05 Å². The van der Waals surface area contributed by atoms with Crippen LogP contribution < -0.4 is 0 Å². The van der Waals surface area contributed by atoms with Crippen LogP contribution in [0.3, 0.4) is 0 Å². The molecule has 0 radical (unpaired) electrons. The van der Waals surface area contributed by atoms with E-state index in [1.165, 1.54) is 11.0 Å². The molecule has 116 valence electrons. The molecule has 0 unspecified atom stereocenters. The fourth-order valence-electron chi connectivity index (χ4n) is 2.41. The van der Waals surface area contributed by atoms with Crippen molar-refractivity contribution in [2.45, 2.75) is 6.54 Å². The topological polar surface area (TPSA) is 66.3 Å². The zero-order valence-electron chi connectivity index (χ0n) is 12.4. The molecule has 1 heterocycles. The van der Waals surface area contributed by atoms with Gasteiger partial charge in [0.25, 0.3) is 5.91 Å². The highest BCUT2D eigenvalue weighted by Gasteiger charge is 2.20. The second kappa shape index (κ2) is 6.22. The number of carbonyl (C=O) groups is 1. The second-order valence-electron chi connectivity index (χ2n) is 5.16. The summed E-state index contributed by atoms with van der Waals surface area (Å²) in [5.41, 5.74) is 0.829. The summed E-state index contributed by atoms with van der Waals surface area (Å²) in [7, 11) is 1.64. The van der Waals surface area contributed by atoms with Gasteiger partial charge in [0.2, 0.25) is 0 Å². The highest BCUT2D eigenvalue weighted by atomic mass is 35.5. The maximum absolute atomic E-state index is 12.6. The third-order valence-electron chi connectivity index (χ3n) is 3.56. The van der Waals surface area contributed by atoms with E-state index in [1.807, 2.05) is 6.07 Å². The van der Waals surface area contributed by atoms with Gasteiger partial charge in [-0.15, -0.1) is 0 Å². The lowest BCUT2D eigenvalue weighted by atomic mass is 10.0. The van der Waals surface area contributed by atoms with Crippen LogP contribution in [-0.4, -0.2) is 32.9 Å². The predicted octanol–water partition coefficient (Wildman–Crippen LogP) is 3.26. The van der Waals surface area contributed by atoms with Gasteiger partial charge in [0, 0.05) is 35.2 Å². The van der Waals surface area contributed by atoms with Crippen molar-refractivity contribution in [2.24, 2.45) is 0 Å². The van der Waals surface area contributed by atoms with Crippen molar-refractivity contribution in [1.82, 2.24) is 14.9 Å². The van der Waals surface area contributed by atoms with Crippen molar-refractivity contribution in [3.05, 3.63) is 65.2 Å². The van der Waals surface area contributed by atoms with Crippen molar-refractivity contribution < 1.29 is 9.90 Å². The van der Waals surface area contributed by atoms with Gasteiger partial charge in [0.15, 0.2) is 0 Å². The first kappa shape index (κ1) is 15.2. The molecular weight excluding hydrogens is 314 g/mol. The second-order valence-corrected chi connectivity index (χ2v) is 5.57. The molecule has 6 heteroatoms. The minimum absolute atomic E-state index is 0.0685. The molecule has 1 amide bonds. The van der Waals surface area contributed by atoms with Gasteiger partial charge < -0.3 is 10.0 Å². The average Bonchev–Trinajstić information content (AvgIpc) is 2.58. The maximum Gasteiger partial charge on any atom is 0.257 e. The summed E-state index contributed by atoms with van der Waals surface area (Å²) in [4.78, 5) is 22.2. The standard InChI is InChI=1S/C17H14ClN3O2/c1-21(10-11-9-19-6-7-20-11)17(23)14-8-15(18)12-4-2-3-5-13(12)16(14)22/h2-9,22H,10H2,1H3. The summed E-state index contributed by atoms with van der Waals surface area (Å²) in [6, 6.07) is 8.64. The Balaban J connectivity index is 1.96. The number of halogens is 1. The molecule has 0 saturated heterocycles. The molecule has 0 spiro atoms. The van der Waals surface area contributed by atoms with Crippen LogP contribution in [0.1, 0.15) is 16.1 Å². The van der Waals surface area contributed by atoms with Crippen LogP contribution in [0.4, 0.5) is 0 Å². The monoisotopic (exact) mass is 327 g/mol. The Morgan fingerprint density at radius 1 is 1.26 bits per heavy atom. The number of hydrogen-bond donors (Lipinski definition) is 1. The van der Waals surface area contributed by atoms with Crippen LogP contribution in [0, 0.1) is 0 Å². The largest absolute Gasteiger partial charge is 0.506 e. The van der Waals surface area contributed by atoms with E-state index in [9.17, 15) is 9.90 Å². The Hall–Kier alpha value is -2.66. The van der Waals surface area contributed by atoms with E-state index >= 15 is 0 Å². The van der Waals surface area contributed by atoms with Crippen molar-refractivity contribution in [3.63, 3.8) is 0 Å². The van der Waals surface area contributed by atoms with E-state index in [2.05, 4.69) is 9.97 Å². The molecule has 5 nitrogen and oxygen atoms in total. The lowest BCUT2D eigenvalue weighted by Gasteiger charge is -2.18. The molecule has 3 rings (SSSR count). The summed E-state index contributed by atoms with van der Waals surface area (Å²) < 4.78 is 0. The molecule has 0 fully saturated rings. The SMILES string of the molecule is CN(Cc1cnccn1)C(=O)c1cc(Cl)c2ccccc2c1O. The van der Waals surface area contributed by atoms with Gasteiger partial charge >= 0.3 is 0 Å². The molecule has 0 aliphatic heterocycles. The van der Waals surface area contributed by atoms with Crippen molar-refractivity contribution >= 4 is 28.3 Å². The minimum atomic E-state index is -0.333. The van der Waals surface area contributed by atoms with Crippen LogP contribution in [-0.2, 0) is 6.54 Å². The lowest BCUT2D eigenvalue weighted by molar-refractivity contribution is 0.0780. The van der Waals surface area contributed by atoms with Gasteiger partial charge in [-0.2, -0.15) is 0 Å². The predicted molar refractivity (Wildman–Crippen MR) is 88.5 cm³/mol. The third kappa shape index (κ3) is 2.96. The zero-order chi connectivity index (χ0) is 16.4. The molecule has 0 aliphatic carbocycles. The average molecular weight is 328 g/mol. The van der Waals surface area contributed by atoms with Crippen LogP contribution in [0.15, 0.2) is 48.9 Å². The molecule has 23 heavy (non-hydrogen) atoms. The number of benzene rings is 2. The summed E-state index contributed by atoms with van der Waals surface area (Å²) in [6.07, 6.45) is 4.73. The Labute approximate surface area is 138 Å². The van der Waals surface area contributed by atoms with Gasteiger partial charge in [-0.25, -0.2) is 0 Å². The highest BCUT2D eigenvalue weighted by molar-refractivity contribution is 6.36. The summed E-state index contributed by atoms with van der Waals surface area (Å²) in [5, 5.41) is 12.1. The van der Waals surface area contributed by atoms with Gasteiger partial charge in [-0.1, -0.05) is 35.9 Å². The molecule has 0 aliphatic rings. The molecule has 1 aromatic heterocycles. The molecule has 0 saturated carbocycles. The number of aromatic hydroxyl groups is 1. The number of phenols is 1. The molecule has 0 bridgehead atoms. The highest BCUT2D eigenvalue weighted by Crippen LogP contribution is 2.34. The zero-order valence-corrected chi connectivity index (χ0v) is 13.2. The number of nitrogens with zero attached hydrogens (tertiary/aromatic N) is 3. The van der Waals surface area contributed by atoms with Gasteiger partial charge in [-0.3, -0.25) is 14.8 Å². The molecular formula is C17H14ClN3O2. The number of phenolic OH excluding ortho intramolecular Hbond substituents is 1. The molecule has 3 aromatic rings. The van der Waals surface area contributed by atoms with Crippen LogP contribution in [0.25, 0.3) is 10.8 Å². The molecule has 2 aromatic carbocycles. The van der Waals surface area contributed by atoms with Crippen LogP contribution in [0.5, 0.6) is 5.75 Å². The van der Waals surface area contributed by atoms with E-state index in [4.69, 9.17) is 11.6 Å². The summed E-state index contributed by atoms with van der Waals surface area (Å²) >= 11 is 6.24. The van der Waals surface area contributed by atoms with E-state index in [0.29, 0.717) is 21.5 Å². The van der Waals surface area contributed by atoms with Crippen molar-refractivity contribution in [3.8, 4) is 5.75 Å². The Morgan fingerprint density at radius 2 is 2.00 bits per heavy atom. The quantitative estimate of drug-likeness (QED) is 0.801. The summed E-state index contributed by atoms with van der Waals surface area (Å²) in [6.45, 7) is 0.288.